The third kappa shape index (κ3) is 9.58. The minimum absolute atomic E-state index is 0.529. The second kappa shape index (κ2) is 17.7. The molecular weight excluding hydrogens is 686 g/mol. The van der Waals surface area contributed by atoms with Gasteiger partial charge in [0.05, 0.1) is 0 Å². The van der Waals surface area contributed by atoms with Crippen molar-refractivity contribution in [2.24, 2.45) is 0 Å². The van der Waals surface area contributed by atoms with Gasteiger partial charge in [0.25, 0.3) is 0 Å². The molecule has 0 aromatic heterocycles. The first-order valence-corrected chi connectivity index (χ1v) is 18.5. The second-order valence-corrected chi connectivity index (χ2v) is 13.1. The van der Waals surface area contributed by atoms with Crippen LogP contribution in [0.15, 0.2) is 172 Å². The van der Waals surface area contributed by atoms with Crippen molar-refractivity contribution in [3.8, 4) is 45.6 Å². The third-order valence-corrected chi connectivity index (χ3v) is 9.72. The summed E-state index contributed by atoms with van der Waals surface area (Å²) in [6.07, 6.45) is 7.09. The first kappa shape index (κ1) is 35.8. The molecule has 6 nitrogen and oxygen atoms in total. The minimum atomic E-state index is -1.98. The van der Waals surface area contributed by atoms with E-state index >= 15 is 0 Å². The Bertz CT molecular complexity index is 1850. The number of benzene rings is 6. The van der Waals surface area contributed by atoms with Gasteiger partial charge in [0, 0.05) is 11.1 Å². The Morgan fingerprint density at radius 3 is 0.808 bits per heavy atom. The lowest BCUT2D eigenvalue weighted by Gasteiger charge is -2.22. The molecule has 0 saturated carbocycles. The lowest BCUT2D eigenvalue weighted by atomic mass is 10.0. The fourth-order valence-corrected chi connectivity index (χ4v) is 6.85. The summed E-state index contributed by atoms with van der Waals surface area (Å²) >= 11 is 0. The highest BCUT2D eigenvalue weighted by molar-refractivity contribution is 7.43. The molecule has 0 atom stereocenters. The van der Waals surface area contributed by atoms with Gasteiger partial charge in [0.15, 0.2) is 0 Å². The lowest BCUT2D eigenvalue weighted by Crippen LogP contribution is -2.04. The Morgan fingerprint density at radius 2 is 0.558 bits per heavy atom. The van der Waals surface area contributed by atoms with Crippen LogP contribution in [0.2, 0.25) is 0 Å². The van der Waals surface area contributed by atoms with Gasteiger partial charge >= 0.3 is 17.2 Å². The molecule has 0 N–H and O–H groups in total. The van der Waals surface area contributed by atoms with E-state index in [9.17, 15) is 0 Å². The molecule has 52 heavy (non-hydrogen) atoms. The van der Waals surface area contributed by atoms with Crippen LogP contribution in [0.1, 0.15) is 22.3 Å². The number of hydrogen-bond acceptors (Lipinski definition) is 6. The average Bonchev–Trinajstić information content (AvgIpc) is 3.19. The Hall–Kier alpha value is -6.06. The van der Waals surface area contributed by atoms with E-state index in [2.05, 4.69) is 26.3 Å². The van der Waals surface area contributed by atoms with E-state index in [0.29, 0.717) is 34.5 Å². The van der Waals surface area contributed by atoms with Crippen molar-refractivity contribution >= 4 is 41.5 Å². The average molecular weight is 723 g/mol. The molecule has 0 bridgehead atoms. The summed E-state index contributed by atoms with van der Waals surface area (Å²) in [6, 6.07) is 45.5. The molecule has 8 heteroatoms. The predicted octanol–water partition coefficient (Wildman–Crippen LogP) is 13.5. The predicted molar refractivity (Wildman–Crippen MR) is 216 cm³/mol. The number of para-hydroxylation sites is 2. The van der Waals surface area contributed by atoms with E-state index in [1.807, 2.05) is 146 Å². The zero-order valence-corrected chi connectivity index (χ0v) is 30.1. The molecule has 0 aliphatic rings. The van der Waals surface area contributed by atoms with Gasteiger partial charge in [-0.15, -0.1) is 0 Å². The van der Waals surface area contributed by atoms with Gasteiger partial charge in [-0.1, -0.05) is 136 Å². The fourth-order valence-electron chi connectivity index (χ4n) is 4.81. The first-order valence-electron chi connectivity index (χ1n) is 16.3. The van der Waals surface area contributed by atoms with Gasteiger partial charge in [0.2, 0.25) is 0 Å². The SMILES string of the molecule is C=Cc1ccc(OP(Oc2ccc(C=C)cc2)Oc2ccccc2-c2ccccc2OP(Oc2ccc(C=C)cc2)Oc2ccc(C=C)cc2)cc1. The summed E-state index contributed by atoms with van der Waals surface area (Å²) in [5.74, 6) is 3.40. The van der Waals surface area contributed by atoms with Crippen molar-refractivity contribution in [1.29, 1.82) is 0 Å². The van der Waals surface area contributed by atoms with Crippen molar-refractivity contribution in [3.05, 3.63) is 194 Å². The highest BCUT2D eigenvalue weighted by Gasteiger charge is 2.25. The van der Waals surface area contributed by atoms with E-state index in [0.717, 1.165) is 33.4 Å². The zero-order chi connectivity index (χ0) is 36.1. The van der Waals surface area contributed by atoms with Gasteiger partial charge in [-0.25, -0.2) is 0 Å². The largest absolute Gasteiger partial charge is 0.530 e. The number of rotatable bonds is 17. The smallest absolute Gasteiger partial charge is 0.409 e. The van der Waals surface area contributed by atoms with E-state index in [-0.39, 0.29) is 0 Å². The molecule has 0 aliphatic carbocycles. The summed E-state index contributed by atoms with van der Waals surface area (Å²) in [5, 5.41) is 0. The molecular formula is C44H36O6P2. The highest BCUT2D eigenvalue weighted by Crippen LogP contribution is 2.49. The summed E-state index contributed by atoms with van der Waals surface area (Å²) in [5.41, 5.74) is 5.38. The summed E-state index contributed by atoms with van der Waals surface area (Å²) in [4.78, 5) is 0. The minimum Gasteiger partial charge on any atom is -0.409 e. The highest BCUT2D eigenvalue weighted by atomic mass is 31.2. The molecule has 6 aromatic carbocycles. The molecule has 0 unspecified atom stereocenters. The van der Waals surface area contributed by atoms with Gasteiger partial charge in [-0.05, 0) is 82.9 Å². The van der Waals surface area contributed by atoms with Crippen LogP contribution in [0.4, 0.5) is 0 Å². The Kier molecular flexibility index (Phi) is 12.2. The van der Waals surface area contributed by atoms with Crippen molar-refractivity contribution in [1.82, 2.24) is 0 Å². The monoisotopic (exact) mass is 722 g/mol. The van der Waals surface area contributed by atoms with Crippen molar-refractivity contribution in [2.75, 3.05) is 0 Å². The van der Waals surface area contributed by atoms with E-state index in [1.54, 1.807) is 24.3 Å². The lowest BCUT2D eigenvalue weighted by molar-refractivity contribution is 0.385. The van der Waals surface area contributed by atoms with Crippen LogP contribution in [-0.2, 0) is 0 Å². The van der Waals surface area contributed by atoms with Crippen LogP contribution in [0.5, 0.6) is 34.5 Å². The Labute approximate surface area is 307 Å². The van der Waals surface area contributed by atoms with Gasteiger partial charge < -0.3 is 27.1 Å². The van der Waals surface area contributed by atoms with Gasteiger partial charge in [-0.2, -0.15) is 0 Å². The maximum Gasteiger partial charge on any atom is 0.530 e. The molecule has 0 spiro atoms. The standard InChI is InChI=1S/C44H36O6P2/c1-5-33-17-25-37(26-18-33)45-51(46-38-27-19-34(6-2)20-28-38)49-43-15-11-9-13-41(43)42-14-10-12-16-44(42)50-52(47-39-29-21-35(7-3)22-30-39)48-40-31-23-36(8-4)24-32-40/h5-32H,1-4H2. The van der Waals surface area contributed by atoms with Gasteiger partial charge in [0.1, 0.15) is 34.5 Å². The Morgan fingerprint density at radius 1 is 0.308 bits per heavy atom. The Balaban J connectivity index is 1.31. The first-order chi connectivity index (χ1) is 25.5. The summed E-state index contributed by atoms with van der Waals surface area (Å²) in [7, 11) is -3.95. The number of hydrogen-bond donors (Lipinski definition) is 0. The maximum absolute atomic E-state index is 6.57. The van der Waals surface area contributed by atoms with Crippen LogP contribution in [0.3, 0.4) is 0 Å². The van der Waals surface area contributed by atoms with Crippen molar-refractivity contribution < 1.29 is 27.1 Å². The third-order valence-electron chi connectivity index (χ3n) is 7.59. The summed E-state index contributed by atoms with van der Waals surface area (Å²) in [6.45, 7) is 15.4. The molecule has 0 fully saturated rings. The molecule has 0 amide bonds. The van der Waals surface area contributed by atoms with Crippen LogP contribution >= 0.6 is 17.2 Å². The van der Waals surface area contributed by atoms with Crippen LogP contribution < -0.4 is 27.1 Å². The maximum atomic E-state index is 6.57. The fraction of sp³-hybridized carbons (Fsp3) is 0. The van der Waals surface area contributed by atoms with E-state index in [4.69, 9.17) is 27.1 Å². The normalized spacial score (nSPS) is 10.6. The van der Waals surface area contributed by atoms with Crippen LogP contribution in [0, 0.1) is 0 Å². The molecule has 0 heterocycles. The van der Waals surface area contributed by atoms with Crippen molar-refractivity contribution in [2.45, 2.75) is 0 Å². The molecule has 0 saturated heterocycles. The van der Waals surface area contributed by atoms with Gasteiger partial charge in [-0.3, -0.25) is 0 Å². The molecule has 0 aliphatic heterocycles. The topological polar surface area (TPSA) is 55.4 Å². The van der Waals surface area contributed by atoms with Crippen molar-refractivity contribution in [3.63, 3.8) is 0 Å². The van der Waals surface area contributed by atoms with E-state index < -0.39 is 17.2 Å². The zero-order valence-electron chi connectivity index (χ0n) is 28.3. The van der Waals surface area contributed by atoms with Crippen LogP contribution in [-0.4, -0.2) is 0 Å². The molecule has 6 aromatic rings. The second-order valence-electron chi connectivity index (χ2n) is 11.1. The van der Waals surface area contributed by atoms with E-state index in [1.165, 1.54) is 0 Å². The molecule has 0 radical (unpaired) electrons. The summed E-state index contributed by atoms with van der Waals surface area (Å²) < 4.78 is 38.4. The molecule has 258 valence electrons. The molecule has 6 rings (SSSR count). The quantitative estimate of drug-likeness (QED) is 0.0874. The van der Waals surface area contributed by atoms with Crippen LogP contribution in [0.25, 0.3) is 35.4 Å².